The average Bonchev–Trinajstić information content (AvgIpc) is 3.05. The summed E-state index contributed by atoms with van der Waals surface area (Å²) in [5.74, 6) is 0.342. The molecule has 0 aliphatic carbocycles. The van der Waals surface area contributed by atoms with Crippen molar-refractivity contribution in [3.63, 3.8) is 0 Å². The summed E-state index contributed by atoms with van der Waals surface area (Å²) in [6.07, 6.45) is 1.21. The molecule has 1 heterocycles. The second-order valence-corrected chi connectivity index (χ2v) is 9.44. The third kappa shape index (κ3) is 4.39. The summed E-state index contributed by atoms with van der Waals surface area (Å²) in [5.41, 5.74) is 4.09. The fourth-order valence-electron chi connectivity index (χ4n) is 3.05. The van der Waals surface area contributed by atoms with Crippen LogP contribution in [0, 0.1) is 5.92 Å². The fourth-order valence-corrected chi connectivity index (χ4v) is 3.71. The molecule has 2 aromatic carbocycles. The highest BCUT2D eigenvalue weighted by Crippen LogP contribution is 2.27. The highest BCUT2D eigenvalue weighted by atomic mass is 32.2. The monoisotopic (exact) mass is 396 g/mol. The molecule has 0 spiro atoms. The fraction of sp³-hybridized carbons (Fsp3) is 0.273. The van der Waals surface area contributed by atoms with Crippen molar-refractivity contribution in [3.8, 4) is 22.4 Å². The lowest BCUT2D eigenvalue weighted by atomic mass is 10.0. The van der Waals surface area contributed by atoms with E-state index >= 15 is 0 Å². The van der Waals surface area contributed by atoms with Crippen LogP contribution in [0.25, 0.3) is 22.4 Å². The SMILES string of the molecule is CC(=O)c1cc(-c2ccc(-c3cccc(S(C)(=O)=O)c3)cc2)n(CC(C)C)n1. The first-order valence-corrected chi connectivity index (χ1v) is 11.0. The predicted molar refractivity (Wildman–Crippen MR) is 111 cm³/mol. The molecule has 5 nitrogen and oxygen atoms in total. The maximum absolute atomic E-state index is 11.8. The van der Waals surface area contributed by atoms with Crippen molar-refractivity contribution < 1.29 is 13.2 Å². The number of carbonyl (C=O) groups excluding carboxylic acids is 1. The van der Waals surface area contributed by atoms with Gasteiger partial charge in [-0.05, 0) is 40.8 Å². The molecule has 0 aliphatic heterocycles. The quantitative estimate of drug-likeness (QED) is 0.576. The molecule has 0 fully saturated rings. The summed E-state index contributed by atoms with van der Waals surface area (Å²) in [4.78, 5) is 12.1. The van der Waals surface area contributed by atoms with Gasteiger partial charge in [0.05, 0.1) is 10.6 Å². The van der Waals surface area contributed by atoms with Crippen molar-refractivity contribution in [3.05, 3.63) is 60.3 Å². The van der Waals surface area contributed by atoms with E-state index in [1.807, 2.05) is 41.1 Å². The van der Waals surface area contributed by atoms with Crippen molar-refractivity contribution in [2.24, 2.45) is 5.92 Å². The molecule has 0 unspecified atom stereocenters. The molecule has 0 N–H and O–H groups in total. The Kier molecular flexibility index (Phi) is 5.52. The molecule has 0 amide bonds. The smallest absolute Gasteiger partial charge is 0.180 e. The van der Waals surface area contributed by atoms with E-state index in [9.17, 15) is 13.2 Å². The van der Waals surface area contributed by atoms with E-state index in [0.29, 0.717) is 16.5 Å². The van der Waals surface area contributed by atoms with Gasteiger partial charge in [0, 0.05) is 19.7 Å². The van der Waals surface area contributed by atoms with Crippen LogP contribution in [0.2, 0.25) is 0 Å². The van der Waals surface area contributed by atoms with Crippen LogP contribution in [0.4, 0.5) is 0 Å². The second-order valence-electron chi connectivity index (χ2n) is 7.42. The summed E-state index contributed by atoms with van der Waals surface area (Å²) in [5, 5.41) is 4.45. The van der Waals surface area contributed by atoms with Gasteiger partial charge in [0.25, 0.3) is 0 Å². The van der Waals surface area contributed by atoms with Crippen molar-refractivity contribution in [2.45, 2.75) is 32.2 Å². The van der Waals surface area contributed by atoms with Gasteiger partial charge >= 0.3 is 0 Å². The minimum absolute atomic E-state index is 0.0574. The number of nitrogens with zero attached hydrogens (tertiary/aromatic N) is 2. The van der Waals surface area contributed by atoms with Crippen LogP contribution in [0.1, 0.15) is 31.3 Å². The van der Waals surface area contributed by atoms with Crippen LogP contribution >= 0.6 is 0 Å². The van der Waals surface area contributed by atoms with Gasteiger partial charge in [-0.25, -0.2) is 8.42 Å². The third-order valence-electron chi connectivity index (χ3n) is 4.45. The van der Waals surface area contributed by atoms with Crippen molar-refractivity contribution in [2.75, 3.05) is 6.26 Å². The van der Waals surface area contributed by atoms with E-state index in [0.717, 1.165) is 28.9 Å². The van der Waals surface area contributed by atoms with Gasteiger partial charge in [0.1, 0.15) is 5.69 Å². The topological polar surface area (TPSA) is 69.0 Å². The van der Waals surface area contributed by atoms with Crippen LogP contribution in [-0.2, 0) is 16.4 Å². The van der Waals surface area contributed by atoms with Crippen molar-refractivity contribution >= 4 is 15.6 Å². The number of hydrogen-bond donors (Lipinski definition) is 0. The van der Waals surface area contributed by atoms with Gasteiger partial charge in [-0.3, -0.25) is 9.48 Å². The first kappa shape index (κ1) is 20.0. The normalized spacial score (nSPS) is 11.8. The van der Waals surface area contributed by atoms with E-state index in [-0.39, 0.29) is 5.78 Å². The molecular formula is C22H24N2O3S. The highest BCUT2D eigenvalue weighted by molar-refractivity contribution is 7.90. The Bertz CT molecular complexity index is 1110. The lowest BCUT2D eigenvalue weighted by Crippen LogP contribution is -2.08. The summed E-state index contributed by atoms with van der Waals surface area (Å²) in [6.45, 7) is 6.46. The Hall–Kier alpha value is -2.73. The number of rotatable bonds is 6. The van der Waals surface area contributed by atoms with E-state index < -0.39 is 9.84 Å². The zero-order valence-electron chi connectivity index (χ0n) is 16.5. The lowest BCUT2D eigenvalue weighted by Gasteiger charge is -2.11. The van der Waals surface area contributed by atoms with Gasteiger partial charge in [0.15, 0.2) is 15.6 Å². The van der Waals surface area contributed by atoms with Crippen LogP contribution in [0.15, 0.2) is 59.5 Å². The summed E-state index contributed by atoms with van der Waals surface area (Å²) < 4.78 is 25.5. The molecule has 0 radical (unpaired) electrons. The largest absolute Gasteiger partial charge is 0.293 e. The minimum Gasteiger partial charge on any atom is -0.293 e. The average molecular weight is 397 g/mol. The maximum Gasteiger partial charge on any atom is 0.180 e. The minimum atomic E-state index is -3.25. The second kappa shape index (κ2) is 7.72. The van der Waals surface area contributed by atoms with E-state index in [1.165, 1.54) is 13.2 Å². The van der Waals surface area contributed by atoms with Gasteiger partial charge in [-0.2, -0.15) is 5.10 Å². The standard InChI is InChI=1S/C22H24N2O3S/c1-15(2)14-24-22(13-21(23-24)16(3)25)18-10-8-17(9-11-18)19-6-5-7-20(12-19)28(4,26)27/h5-13,15H,14H2,1-4H3. The molecule has 1 aromatic heterocycles. The van der Waals surface area contributed by atoms with E-state index in [4.69, 9.17) is 0 Å². The third-order valence-corrected chi connectivity index (χ3v) is 5.57. The predicted octanol–water partition coefficient (Wildman–Crippen LogP) is 4.48. The Labute approximate surface area is 165 Å². The van der Waals surface area contributed by atoms with Gasteiger partial charge in [-0.15, -0.1) is 0 Å². The molecule has 146 valence electrons. The molecule has 0 aliphatic rings. The molecule has 0 saturated heterocycles. The number of benzene rings is 2. The number of sulfone groups is 1. The summed E-state index contributed by atoms with van der Waals surface area (Å²) >= 11 is 0. The summed E-state index contributed by atoms with van der Waals surface area (Å²) in [7, 11) is -3.25. The van der Waals surface area contributed by atoms with E-state index in [2.05, 4.69) is 18.9 Å². The molecule has 28 heavy (non-hydrogen) atoms. The molecule has 3 aromatic rings. The number of carbonyl (C=O) groups is 1. The van der Waals surface area contributed by atoms with Gasteiger partial charge < -0.3 is 0 Å². The van der Waals surface area contributed by atoms with Crippen LogP contribution in [-0.4, -0.2) is 30.2 Å². The Morgan fingerprint density at radius 2 is 1.64 bits per heavy atom. The first-order chi connectivity index (χ1) is 13.1. The number of ketones is 1. The molecular weight excluding hydrogens is 372 g/mol. The van der Waals surface area contributed by atoms with Crippen LogP contribution in [0.3, 0.4) is 0 Å². The molecule has 0 atom stereocenters. The number of aromatic nitrogens is 2. The van der Waals surface area contributed by atoms with E-state index in [1.54, 1.807) is 18.2 Å². The Morgan fingerprint density at radius 3 is 2.21 bits per heavy atom. The molecule has 0 bridgehead atoms. The lowest BCUT2D eigenvalue weighted by molar-refractivity contribution is 0.101. The first-order valence-electron chi connectivity index (χ1n) is 9.15. The van der Waals surface area contributed by atoms with Gasteiger partial charge in [-0.1, -0.05) is 50.2 Å². The van der Waals surface area contributed by atoms with Gasteiger partial charge in [0.2, 0.25) is 0 Å². The van der Waals surface area contributed by atoms with Crippen molar-refractivity contribution in [1.29, 1.82) is 0 Å². The Morgan fingerprint density at radius 1 is 1.00 bits per heavy atom. The molecule has 6 heteroatoms. The maximum atomic E-state index is 11.8. The number of Topliss-reactive ketones (excluding diaryl/α,β-unsaturated/α-hetero) is 1. The molecule has 0 saturated carbocycles. The molecule has 3 rings (SSSR count). The highest BCUT2D eigenvalue weighted by Gasteiger charge is 2.14. The summed E-state index contributed by atoms with van der Waals surface area (Å²) in [6, 6.07) is 16.6. The van der Waals surface area contributed by atoms with Crippen LogP contribution in [0.5, 0.6) is 0 Å². The van der Waals surface area contributed by atoms with Crippen molar-refractivity contribution in [1.82, 2.24) is 9.78 Å². The van der Waals surface area contributed by atoms with Crippen LogP contribution < -0.4 is 0 Å². The zero-order chi connectivity index (χ0) is 20.5. The number of hydrogen-bond acceptors (Lipinski definition) is 4. The zero-order valence-corrected chi connectivity index (χ0v) is 17.3. The Balaban J connectivity index is 1.99.